The highest BCUT2D eigenvalue weighted by Gasteiger charge is 2.20. The van der Waals surface area contributed by atoms with E-state index in [0.717, 1.165) is 5.56 Å². The van der Waals surface area contributed by atoms with Crippen LogP contribution >= 0.6 is 11.6 Å². The van der Waals surface area contributed by atoms with Crippen molar-refractivity contribution < 1.29 is 9.53 Å². The topological polar surface area (TPSA) is 62.7 Å². The average molecular weight is 254 g/mol. The number of alkyl carbamates (subject to hydrolysis) is 1. The van der Waals surface area contributed by atoms with Crippen molar-refractivity contribution in [3.8, 4) is 0 Å². The summed E-state index contributed by atoms with van der Waals surface area (Å²) in [4.78, 5) is 15.1. The minimum Gasteiger partial charge on any atom is -0.453 e. The first kappa shape index (κ1) is 11.7. The molecule has 0 radical (unpaired) electrons. The van der Waals surface area contributed by atoms with Gasteiger partial charge >= 0.3 is 6.09 Å². The van der Waals surface area contributed by atoms with Gasteiger partial charge in [-0.3, -0.25) is 10.3 Å². The van der Waals surface area contributed by atoms with E-state index < -0.39 is 6.09 Å². The summed E-state index contributed by atoms with van der Waals surface area (Å²) in [6.07, 6.45) is -0.534. The molecule has 2 N–H and O–H groups in total. The van der Waals surface area contributed by atoms with Crippen molar-refractivity contribution in [2.24, 2.45) is 4.99 Å². The number of aliphatic imine (C=N–C) groups is 1. The van der Waals surface area contributed by atoms with E-state index in [1.165, 1.54) is 7.11 Å². The molecular formula is C11H12ClN3O2. The van der Waals surface area contributed by atoms with Gasteiger partial charge in [0.15, 0.2) is 0 Å². The van der Waals surface area contributed by atoms with Gasteiger partial charge in [-0.25, -0.2) is 4.79 Å². The second-order valence-corrected chi connectivity index (χ2v) is 3.99. The molecule has 6 heteroatoms. The van der Waals surface area contributed by atoms with Gasteiger partial charge in [-0.2, -0.15) is 0 Å². The summed E-state index contributed by atoms with van der Waals surface area (Å²) in [6, 6.07) is 7.56. The first-order chi connectivity index (χ1) is 8.19. The summed E-state index contributed by atoms with van der Waals surface area (Å²) >= 11 is 5.81. The minimum absolute atomic E-state index is 0.0550. The van der Waals surface area contributed by atoms with Crippen molar-refractivity contribution in [3.63, 3.8) is 0 Å². The Labute approximate surface area is 104 Å². The van der Waals surface area contributed by atoms with Crippen molar-refractivity contribution in [1.82, 2.24) is 10.6 Å². The number of rotatable bonds is 1. The van der Waals surface area contributed by atoms with Gasteiger partial charge in [-0.15, -0.1) is 0 Å². The standard InChI is InChI=1S/C11H12ClN3O2/c1-17-11(16)15-10-13-6-9(14-10)7-2-4-8(12)5-3-7/h2-5,9H,6H2,1H3,(H2,13,14,15,16). The second kappa shape index (κ2) is 5.05. The van der Waals surface area contributed by atoms with Gasteiger partial charge in [-0.05, 0) is 17.7 Å². The number of carbonyl (C=O) groups is 1. The van der Waals surface area contributed by atoms with E-state index in [4.69, 9.17) is 11.6 Å². The van der Waals surface area contributed by atoms with Gasteiger partial charge in [0, 0.05) is 5.02 Å². The fourth-order valence-electron chi connectivity index (χ4n) is 1.55. The van der Waals surface area contributed by atoms with Crippen molar-refractivity contribution in [3.05, 3.63) is 34.9 Å². The summed E-state index contributed by atoms with van der Waals surface area (Å²) in [5, 5.41) is 6.27. The van der Waals surface area contributed by atoms with Crippen LogP contribution in [0.15, 0.2) is 29.3 Å². The van der Waals surface area contributed by atoms with Crippen LogP contribution in [-0.4, -0.2) is 25.7 Å². The average Bonchev–Trinajstić information content (AvgIpc) is 2.78. The number of hydrogen-bond donors (Lipinski definition) is 2. The molecule has 0 aromatic heterocycles. The van der Waals surface area contributed by atoms with Crippen LogP contribution in [0.2, 0.25) is 5.02 Å². The molecular weight excluding hydrogens is 242 g/mol. The summed E-state index contributed by atoms with van der Waals surface area (Å²) in [5.74, 6) is 0.428. The molecule has 0 fully saturated rings. The maximum absolute atomic E-state index is 11.0. The van der Waals surface area contributed by atoms with Crippen LogP contribution in [0.4, 0.5) is 4.79 Å². The third kappa shape index (κ3) is 2.88. The quantitative estimate of drug-likeness (QED) is 0.801. The number of amides is 1. The molecule has 5 nitrogen and oxygen atoms in total. The maximum atomic E-state index is 11.0. The second-order valence-electron chi connectivity index (χ2n) is 3.55. The Hall–Kier alpha value is -1.75. The summed E-state index contributed by atoms with van der Waals surface area (Å²) in [7, 11) is 1.31. The molecule has 0 aliphatic carbocycles. The van der Waals surface area contributed by atoms with Crippen LogP contribution in [0, 0.1) is 0 Å². The molecule has 90 valence electrons. The molecule has 17 heavy (non-hydrogen) atoms. The van der Waals surface area contributed by atoms with Gasteiger partial charge in [0.05, 0.1) is 19.7 Å². The molecule has 1 aromatic rings. The van der Waals surface area contributed by atoms with E-state index >= 15 is 0 Å². The van der Waals surface area contributed by atoms with E-state index in [0.29, 0.717) is 17.5 Å². The molecule has 1 unspecified atom stereocenters. The number of guanidine groups is 1. The molecule has 1 amide bonds. The van der Waals surface area contributed by atoms with Crippen LogP contribution in [0.5, 0.6) is 0 Å². The Morgan fingerprint density at radius 1 is 1.53 bits per heavy atom. The lowest BCUT2D eigenvalue weighted by atomic mass is 10.1. The number of ether oxygens (including phenoxy) is 1. The lowest BCUT2D eigenvalue weighted by Crippen LogP contribution is -2.39. The monoisotopic (exact) mass is 253 g/mol. The molecule has 1 atom stereocenters. The molecule has 1 heterocycles. The number of methoxy groups -OCH3 is 1. The largest absolute Gasteiger partial charge is 0.453 e. The number of nitrogens with one attached hydrogen (secondary N) is 2. The van der Waals surface area contributed by atoms with E-state index in [1.807, 2.05) is 24.3 Å². The highest BCUT2D eigenvalue weighted by atomic mass is 35.5. The maximum Gasteiger partial charge on any atom is 0.413 e. The number of carbonyl (C=O) groups excluding carboxylic acids is 1. The van der Waals surface area contributed by atoms with E-state index in [1.54, 1.807) is 0 Å². The first-order valence-corrected chi connectivity index (χ1v) is 5.48. The molecule has 0 spiro atoms. The molecule has 2 rings (SSSR count). The van der Waals surface area contributed by atoms with Crippen molar-refractivity contribution in [2.45, 2.75) is 6.04 Å². The fraction of sp³-hybridized carbons (Fsp3) is 0.273. The first-order valence-electron chi connectivity index (χ1n) is 5.10. The number of hydrogen-bond acceptors (Lipinski definition) is 4. The third-order valence-electron chi connectivity index (χ3n) is 2.42. The Balaban J connectivity index is 1.96. The molecule has 0 saturated carbocycles. The van der Waals surface area contributed by atoms with Crippen molar-refractivity contribution >= 4 is 23.7 Å². The van der Waals surface area contributed by atoms with Gasteiger partial charge in [0.25, 0.3) is 0 Å². The van der Waals surface area contributed by atoms with E-state index in [2.05, 4.69) is 20.4 Å². The van der Waals surface area contributed by atoms with Crippen LogP contribution in [-0.2, 0) is 4.74 Å². The van der Waals surface area contributed by atoms with Gasteiger partial charge in [0.2, 0.25) is 5.96 Å². The predicted molar refractivity (Wildman–Crippen MR) is 65.2 cm³/mol. The summed E-state index contributed by atoms with van der Waals surface area (Å²) < 4.78 is 4.48. The molecule has 1 aromatic carbocycles. The van der Waals surface area contributed by atoms with Crippen LogP contribution in [0.3, 0.4) is 0 Å². The predicted octanol–water partition coefficient (Wildman–Crippen LogP) is 1.70. The van der Waals surface area contributed by atoms with E-state index in [9.17, 15) is 4.79 Å². The Morgan fingerprint density at radius 3 is 2.88 bits per heavy atom. The van der Waals surface area contributed by atoms with Crippen LogP contribution < -0.4 is 10.6 Å². The number of nitrogens with zero attached hydrogens (tertiary/aromatic N) is 1. The molecule has 1 aliphatic heterocycles. The lowest BCUT2D eigenvalue weighted by molar-refractivity contribution is 0.176. The zero-order chi connectivity index (χ0) is 12.3. The van der Waals surface area contributed by atoms with Crippen LogP contribution in [0.25, 0.3) is 0 Å². The Kier molecular flexibility index (Phi) is 3.49. The zero-order valence-electron chi connectivity index (χ0n) is 9.24. The van der Waals surface area contributed by atoms with Gasteiger partial charge in [-0.1, -0.05) is 23.7 Å². The summed E-state index contributed by atoms with van der Waals surface area (Å²) in [6.45, 7) is 0.570. The zero-order valence-corrected chi connectivity index (χ0v) is 9.99. The van der Waals surface area contributed by atoms with Crippen molar-refractivity contribution in [1.29, 1.82) is 0 Å². The lowest BCUT2D eigenvalue weighted by Gasteiger charge is -2.12. The molecule has 0 bridgehead atoms. The minimum atomic E-state index is -0.534. The van der Waals surface area contributed by atoms with Crippen molar-refractivity contribution in [2.75, 3.05) is 13.7 Å². The fourth-order valence-corrected chi connectivity index (χ4v) is 1.67. The Bertz CT molecular complexity index is 445. The SMILES string of the molecule is COC(=O)NC1=NCC(c2ccc(Cl)cc2)N1. The van der Waals surface area contributed by atoms with E-state index in [-0.39, 0.29) is 6.04 Å². The summed E-state index contributed by atoms with van der Waals surface area (Å²) in [5.41, 5.74) is 1.07. The highest BCUT2D eigenvalue weighted by molar-refractivity contribution is 6.30. The molecule has 0 saturated heterocycles. The molecule has 1 aliphatic rings. The van der Waals surface area contributed by atoms with Gasteiger partial charge in [0.1, 0.15) is 0 Å². The normalized spacial score (nSPS) is 18.2. The third-order valence-corrected chi connectivity index (χ3v) is 2.67. The number of halogens is 1. The van der Waals surface area contributed by atoms with Crippen LogP contribution in [0.1, 0.15) is 11.6 Å². The smallest absolute Gasteiger partial charge is 0.413 e. The van der Waals surface area contributed by atoms with Gasteiger partial charge < -0.3 is 10.1 Å². The Morgan fingerprint density at radius 2 is 2.24 bits per heavy atom. The number of benzene rings is 1. The highest BCUT2D eigenvalue weighted by Crippen LogP contribution is 2.19.